The Morgan fingerprint density at radius 3 is 2.47 bits per heavy atom. The van der Waals surface area contributed by atoms with E-state index in [2.05, 4.69) is 19.2 Å². The zero-order valence-electron chi connectivity index (χ0n) is 11.9. The highest BCUT2D eigenvalue weighted by Crippen LogP contribution is 2.30. The van der Waals surface area contributed by atoms with E-state index in [-0.39, 0.29) is 6.09 Å². The summed E-state index contributed by atoms with van der Waals surface area (Å²) < 4.78 is 5.29. The van der Waals surface area contributed by atoms with Crippen LogP contribution in [0.5, 0.6) is 0 Å². The summed E-state index contributed by atoms with van der Waals surface area (Å²) in [5, 5.41) is 3.00. The molecule has 0 bridgehead atoms. The summed E-state index contributed by atoms with van der Waals surface area (Å²) in [6.45, 7) is 10.2. The normalized spacial score (nSPS) is 25.8. The van der Waals surface area contributed by atoms with Crippen LogP contribution in [0.25, 0.3) is 0 Å². The maximum absolute atomic E-state index is 11.7. The number of ether oxygens (including phenoxy) is 1. The molecule has 2 atom stereocenters. The summed E-state index contributed by atoms with van der Waals surface area (Å²) in [6.07, 6.45) is 4.42. The van der Waals surface area contributed by atoms with E-state index in [4.69, 9.17) is 4.74 Å². The molecule has 0 saturated heterocycles. The van der Waals surface area contributed by atoms with Crippen LogP contribution >= 0.6 is 0 Å². The number of nitrogens with one attached hydrogen (secondary N) is 1. The number of rotatable bonds is 2. The fourth-order valence-corrected chi connectivity index (χ4v) is 2.44. The Kier molecular flexibility index (Phi) is 4.84. The predicted octanol–water partition coefficient (Wildman–Crippen LogP) is 3.73. The fourth-order valence-electron chi connectivity index (χ4n) is 2.44. The van der Waals surface area contributed by atoms with Crippen molar-refractivity contribution in [2.24, 2.45) is 11.8 Å². The lowest BCUT2D eigenvalue weighted by atomic mass is 9.79. The molecule has 17 heavy (non-hydrogen) atoms. The second kappa shape index (κ2) is 5.74. The molecule has 0 aliphatic heterocycles. The molecule has 0 aromatic carbocycles. The molecular formula is C14H27NO2. The van der Waals surface area contributed by atoms with E-state index in [1.165, 1.54) is 12.8 Å². The highest BCUT2D eigenvalue weighted by Gasteiger charge is 2.26. The van der Waals surface area contributed by atoms with Crippen LogP contribution in [0.4, 0.5) is 4.79 Å². The summed E-state index contributed by atoms with van der Waals surface area (Å²) >= 11 is 0. The first-order chi connectivity index (χ1) is 7.78. The smallest absolute Gasteiger partial charge is 0.407 e. The summed E-state index contributed by atoms with van der Waals surface area (Å²) in [7, 11) is 0. The van der Waals surface area contributed by atoms with Gasteiger partial charge in [-0.15, -0.1) is 0 Å². The van der Waals surface area contributed by atoms with Crippen LogP contribution in [0.15, 0.2) is 0 Å². The average molecular weight is 241 g/mol. The molecule has 3 nitrogen and oxygen atoms in total. The van der Waals surface area contributed by atoms with Crippen LogP contribution in [-0.2, 0) is 4.74 Å². The molecule has 0 radical (unpaired) electrons. The van der Waals surface area contributed by atoms with Gasteiger partial charge in [-0.05, 0) is 45.4 Å². The fraction of sp³-hybridized carbons (Fsp3) is 0.929. The van der Waals surface area contributed by atoms with Gasteiger partial charge < -0.3 is 10.1 Å². The first kappa shape index (κ1) is 14.3. The minimum atomic E-state index is -0.407. The minimum Gasteiger partial charge on any atom is -0.444 e. The first-order valence-corrected chi connectivity index (χ1v) is 6.77. The van der Waals surface area contributed by atoms with Gasteiger partial charge in [-0.1, -0.05) is 26.7 Å². The molecule has 0 aromatic heterocycles. The van der Waals surface area contributed by atoms with Gasteiger partial charge in [0.15, 0.2) is 0 Å². The van der Waals surface area contributed by atoms with Crippen LogP contribution < -0.4 is 5.32 Å². The molecular weight excluding hydrogens is 214 g/mol. The molecule has 0 heterocycles. The van der Waals surface area contributed by atoms with Crippen LogP contribution in [-0.4, -0.2) is 17.7 Å². The predicted molar refractivity (Wildman–Crippen MR) is 70.0 cm³/mol. The lowest BCUT2D eigenvalue weighted by molar-refractivity contribution is 0.0479. The third-order valence-electron chi connectivity index (χ3n) is 3.38. The van der Waals surface area contributed by atoms with E-state index in [0.29, 0.717) is 12.0 Å². The molecule has 1 N–H and O–H groups in total. The monoisotopic (exact) mass is 241 g/mol. The molecule has 1 saturated carbocycles. The largest absolute Gasteiger partial charge is 0.444 e. The molecule has 0 aromatic rings. The van der Waals surface area contributed by atoms with Gasteiger partial charge in [0.25, 0.3) is 0 Å². The standard InChI is InChI=1S/C14H27NO2/c1-10(2)11-7-6-8-12(9-11)15-13(16)17-14(3,4)5/h10-12H,6-9H2,1-5H3,(H,15,16). The molecule has 1 amide bonds. The van der Waals surface area contributed by atoms with Gasteiger partial charge in [-0.25, -0.2) is 4.79 Å². The molecule has 3 heteroatoms. The Labute approximate surface area is 105 Å². The molecule has 0 spiro atoms. The quantitative estimate of drug-likeness (QED) is 0.800. The average Bonchev–Trinajstić information content (AvgIpc) is 2.14. The highest BCUT2D eigenvalue weighted by atomic mass is 16.6. The summed E-state index contributed by atoms with van der Waals surface area (Å²) in [5.41, 5.74) is -0.407. The second-order valence-electron chi connectivity index (χ2n) is 6.51. The van der Waals surface area contributed by atoms with Gasteiger partial charge in [0, 0.05) is 6.04 Å². The lowest BCUT2D eigenvalue weighted by Crippen LogP contribution is -2.42. The number of amides is 1. The third-order valence-corrected chi connectivity index (χ3v) is 3.38. The number of hydrogen-bond donors (Lipinski definition) is 1. The number of carbonyl (C=O) groups is 1. The SMILES string of the molecule is CC(C)C1CCCC(NC(=O)OC(C)(C)C)C1. The van der Waals surface area contributed by atoms with Crippen molar-refractivity contribution in [3.8, 4) is 0 Å². The topological polar surface area (TPSA) is 38.3 Å². The Balaban J connectivity index is 2.38. The van der Waals surface area contributed by atoms with E-state index in [0.717, 1.165) is 18.8 Å². The van der Waals surface area contributed by atoms with E-state index in [1.807, 2.05) is 20.8 Å². The van der Waals surface area contributed by atoms with Gasteiger partial charge in [-0.3, -0.25) is 0 Å². The van der Waals surface area contributed by atoms with Gasteiger partial charge in [-0.2, -0.15) is 0 Å². The van der Waals surface area contributed by atoms with Crippen LogP contribution in [0.3, 0.4) is 0 Å². The number of carbonyl (C=O) groups excluding carboxylic acids is 1. The molecule has 1 fully saturated rings. The minimum absolute atomic E-state index is 0.271. The van der Waals surface area contributed by atoms with Crippen molar-refractivity contribution in [2.75, 3.05) is 0 Å². The Morgan fingerprint density at radius 1 is 1.29 bits per heavy atom. The van der Waals surface area contributed by atoms with Crippen molar-refractivity contribution < 1.29 is 9.53 Å². The van der Waals surface area contributed by atoms with E-state index in [1.54, 1.807) is 0 Å². The zero-order valence-corrected chi connectivity index (χ0v) is 11.9. The van der Waals surface area contributed by atoms with Gasteiger partial charge in [0.2, 0.25) is 0 Å². The molecule has 1 rings (SSSR count). The van der Waals surface area contributed by atoms with Gasteiger partial charge >= 0.3 is 6.09 Å². The van der Waals surface area contributed by atoms with Gasteiger partial charge in [0.1, 0.15) is 5.60 Å². The number of alkyl carbamates (subject to hydrolysis) is 1. The van der Waals surface area contributed by atoms with Crippen molar-refractivity contribution >= 4 is 6.09 Å². The van der Waals surface area contributed by atoms with Crippen molar-refractivity contribution in [2.45, 2.75) is 71.9 Å². The van der Waals surface area contributed by atoms with E-state index in [9.17, 15) is 4.79 Å². The maximum Gasteiger partial charge on any atom is 0.407 e. The molecule has 2 unspecified atom stereocenters. The van der Waals surface area contributed by atoms with Crippen molar-refractivity contribution in [1.29, 1.82) is 0 Å². The Bertz CT molecular complexity index is 255. The Hall–Kier alpha value is -0.730. The summed E-state index contributed by atoms with van der Waals surface area (Å²) in [4.78, 5) is 11.7. The summed E-state index contributed by atoms with van der Waals surface area (Å²) in [5.74, 6) is 1.45. The van der Waals surface area contributed by atoms with Crippen molar-refractivity contribution in [3.63, 3.8) is 0 Å². The molecule has 1 aliphatic rings. The van der Waals surface area contributed by atoms with Crippen LogP contribution in [0, 0.1) is 11.8 Å². The van der Waals surface area contributed by atoms with Crippen LogP contribution in [0.2, 0.25) is 0 Å². The highest BCUT2D eigenvalue weighted by molar-refractivity contribution is 5.68. The second-order valence-corrected chi connectivity index (χ2v) is 6.51. The Morgan fingerprint density at radius 2 is 1.94 bits per heavy atom. The lowest BCUT2D eigenvalue weighted by Gasteiger charge is -2.32. The van der Waals surface area contributed by atoms with Crippen molar-refractivity contribution in [1.82, 2.24) is 5.32 Å². The maximum atomic E-state index is 11.7. The molecule has 100 valence electrons. The number of hydrogen-bond acceptors (Lipinski definition) is 2. The zero-order chi connectivity index (χ0) is 13.1. The van der Waals surface area contributed by atoms with Crippen molar-refractivity contribution in [3.05, 3.63) is 0 Å². The van der Waals surface area contributed by atoms with E-state index >= 15 is 0 Å². The van der Waals surface area contributed by atoms with E-state index < -0.39 is 5.60 Å². The summed E-state index contributed by atoms with van der Waals surface area (Å²) in [6, 6.07) is 0.297. The van der Waals surface area contributed by atoms with Crippen LogP contribution in [0.1, 0.15) is 60.3 Å². The third kappa shape index (κ3) is 5.42. The first-order valence-electron chi connectivity index (χ1n) is 6.77. The van der Waals surface area contributed by atoms with Gasteiger partial charge in [0.05, 0.1) is 0 Å². The molecule has 1 aliphatic carbocycles.